The van der Waals surface area contributed by atoms with Crippen LogP contribution in [0.15, 0.2) is 36.4 Å². The van der Waals surface area contributed by atoms with Gasteiger partial charge in [0.2, 0.25) is 0 Å². The molecule has 0 atom stereocenters. The van der Waals surface area contributed by atoms with Crippen molar-refractivity contribution in [1.82, 2.24) is 5.32 Å². The molecule has 0 radical (unpaired) electrons. The molecule has 0 aliphatic heterocycles. The Labute approximate surface area is 173 Å². The van der Waals surface area contributed by atoms with E-state index in [1.54, 1.807) is 37.2 Å². The van der Waals surface area contributed by atoms with Crippen LogP contribution >= 0.6 is 0 Å². The normalized spacial score (nSPS) is 10.1. The molecule has 30 heavy (non-hydrogen) atoms. The molecular formula is C20H23N3O7. The largest absolute Gasteiger partial charge is 0.493 e. The summed E-state index contributed by atoms with van der Waals surface area (Å²) in [6.07, 6.45) is 0. The molecule has 2 rings (SSSR count). The van der Waals surface area contributed by atoms with E-state index >= 15 is 0 Å². The van der Waals surface area contributed by atoms with Crippen LogP contribution in [0.1, 0.15) is 15.9 Å². The fourth-order valence-corrected chi connectivity index (χ4v) is 2.63. The van der Waals surface area contributed by atoms with Gasteiger partial charge in [-0.3, -0.25) is 14.9 Å². The predicted molar refractivity (Wildman–Crippen MR) is 109 cm³/mol. The molecule has 160 valence electrons. The molecule has 0 bridgehead atoms. The van der Waals surface area contributed by atoms with E-state index in [1.807, 2.05) is 0 Å². The van der Waals surface area contributed by atoms with Crippen molar-refractivity contribution in [3.63, 3.8) is 0 Å². The maximum atomic E-state index is 12.2. The number of rotatable bonds is 9. The smallest absolute Gasteiger partial charge is 0.338 e. The predicted octanol–water partition coefficient (Wildman–Crippen LogP) is 2.15. The number of nitrogens with zero attached hydrogens (tertiary/aromatic N) is 2. The number of nitrogens with one attached hydrogen (secondary N) is 1. The highest BCUT2D eigenvalue weighted by atomic mass is 16.6. The van der Waals surface area contributed by atoms with E-state index in [9.17, 15) is 19.7 Å². The Kier molecular flexibility index (Phi) is 7.56. The van der Waals surface area contributed by atoms with Gasteiger partial charge >= 0.3 is 5.97 Å². The molecule has 0 aliphatic carbocycles. The first-order valence-electron chi connectivity index (χ1n) is 8.87. The monoisotopic (exact) mass is 417 g/mol. The quantitative estimate of drug-likeness (QED) is 0.374. The second kappa shape index (κ2) is 10.1. The summed E-state index contributed by atoms with van der Waals surface area (Å²) in [5, 5.41) is 13.8. The molecule has 0 saturated carbocycles. The molecule has 0 aromatic heterocycles. The molecule has 1 amide bonds. The number of anilines is 1. The Hall–Kier alpha value is -3.82. The third-order valence-corrected chi connectivity index (χ3v) is 4.16. The molecule has 0 saturated heterocycles. The van der Waals surface area contributed by atoms with E-state index in [-0.39, 0.29) is 17.8 Å². The third-order valence-electron chi connectivity index (χ3n) is 4.16. The van der Waals surface area contributed by atoms with E-state index in [0.29, 0.717) is 17.2 Å². The summed E-state index contributed by atoms with van der Waals surface area (Å²) in [4.78, 5) is 36.4. The minimum atomic E-state index is -0.829. The fraction of sp³-hybridized carbons (Fsp3) is 0.300. The Morgan fingerprint density at radius 2 is 1.77 bits per heavy atom. The van der Waals surface area contributed by atoms with Crippen molar-refractivity contribution in [3.05, 3.63) is 57.6 Å². The van der Waals surface area contributed by atoms with Crippen LogP contribution in [-0.4, -0.2) is 51.7 Å². The lowest BCUT2D eigenvalue weighted by molar-refractivity contribution is -0.384. The van der Waals surface area contributed by atoms with Gasteiger partial charge in [-0.2, -0.15) is 0 Å². The number of carbonyl (C=O) groups excluding carboxylic acids is 2. The van der Waals surface area contributed by atoms with Crippen LogP contribution < -0.4 is 19.7 Å². The van der Waals surface area contributed by atoms with Crippen LogP contribution in [0.4, 0.5) is 11.4 Å². The average Bonchev–Trinajstić information content (AvgIpc) is 2.74. The van der Waals surface area contributed by atoms with Gasteiger partial charge in [-0.15, -0.1) is 0 Å². The van der Waals surface area contributed by atoms with Gasteiger partial charge in [0.1, 0.15) is 5.69 Å². The summed E-state index contributed by atoms with van der Waals surface area (Å²) < 4.78 is 15.3. The van der Waals surface area contributed by atoms with Crippen molar-refractivity contribution < 1.29 is 28.7 Å². The lowest BCUT2D eigenvalue weighted by Crippen LogP contribution is -2.28. The van der Waals surface area contributed by atoms with Gasteiger partial charge < -0.3 is 24.4 Å². The standard InChI is InChI=1S/C20H23N3O7/c1-22(2)15-7-6-14(10-16(15)23(26)27)20(25)30-12-19(24)21-11-13-5-8-17(28-3)18(9-13)29-4/h5-10H,11-12H2,1-4H3,(H,21,24). The molecule has 0 heterocycles. The molecule has 10 nitrogen and oxygen atoms in total. The lowest BCUT2D eigenvalue weighted by Gasteiger charge is -2.13. The molecule has 10 heteroatoms. The number of benzene rings is 2. The number of ether oxygens (including phenoxy) is 3. The van der Waals surface area contributed by atoms with E-state index < -0.39 is 23.4 Å². The average molecular weight is 417 g/mol. The molecule has 0 spiro atoms. The topological polar surface area (TPSA) is 120 Å². The van der Waals surface area contributed by atoms with Gasteiger partial charge in [-0.1, -0.05) is 6.07 Å². The second-order valence-corrected chi connectivity index (χ2v) is 6.40. The molecule has 0 aliphatic rings. The Balaban J connectivity index is 1.94. The second-order valence-electron chi connectivity index (χ2n) is 6.40. The van der Waals surface area contributed by atoms with Crippen molar-refractivity contribution in [2.24, 2.45) is 0 Å². The van der Waals surface area contributed by atoms with Crippen LogP contribution in [0.5, 0.6) is 11.5 Å². The van der Waals surface area contributed by atoms with Crippen molar-refractivity contribution in [2.45, 2.75) is 6.54 Å². The highest BCUT2D eigenvalue weighted by Gasteiger charge is 2.20. The number of esters is 1. The number of nitro groups is 1. The minimum absolute atomic E-state index is 0.0139. The number of methoxy groups -OCH3 is 2. The molecule has 2 aromatic carbocycles. The summed E-state index contributed by atoms with van der Waals surface area (Å²) in [7, 11) is 6.34. The number of hydrogen-bond donors (Lipinski definition) is 1. The van der Waals surface area contributed by atoms with Crippen LogP contribution in [-0.2, 0) is 16.1 Å². The van der Waals surface area contributed by atoms with E-state index in [0.717, 1.165) is 11.6 Å². The summed E-state index contributed by atoms with van der Waals surface area (Å²) in [5.41, 5.74) is 0.874. The molecule has 0 unspecified atom stereocenters. The summed E-state index contributed by atoms with van der Waals surface area (Å²) >= 11 is 0. The summed E-state index contributed by atoms with van der Waals surface area (Å²) in [5.74, 6) is -0.253. The summed E-state index contributed by atoms with van der Waals surface area (Å²) in [6.45, 7) is -0.324. The SMILES string of the molecule is COc1ccc(CNC(=O)COC(=O)c2ccc(N(C)C)c([N+](=O)[O-])c2)cc1OC. The zero-order valence-electron chi connectivity index (χ0n) is 17.1. The number of amides is 1. The Morgan fingerprint density at radius 3 is 2.37 bits per heavy atom. The highest BCUT2D eigenvalue weighted by molar-refractivity contribution is 5.93. The van der Waals surface area contributed by atoms with Crippen molar-refractivity contribution in [3.8, 4) is 11.5 Å². The van der Waals surface area contributed by atoms with E-state index in [1.165, 1.54) is 26.4 Å². The van der Waals surface area contributed by atoms with Gasteiger partial charge in [0, 0.05) is 26.7 Å². The third kappa shape index (κ3) is 5.60. The van der Waals surface area contributed by atoms with Gasteiger partial charge in [0.25, 0.3) is 11.6 Å². The number of nitro benzene ring substituents is 1. The maximum absolute atomic E-state index is 12.2. The molecule has 2 aromatic rings. The van der Waals surface area contributed by atoms with Crippen LogP contribution in [0.2, 0.25) is 0 Å². The Bertz CT molecular complexity index is 944. The first-order valence-corrected chi connectivity index (χ1v) is 8.87. The van der Waals surface area contributed by atoms with Crippen LogP contribution in [0.25, 0.3) is 0 Å². The molecule has 1 N–H and O–H groups in total. The van der Waals surface area contributed by atoms with Gasteiger partial charge in [0.15, 0.2) is 18.1 Å². The maximum Gasteiger partial charge on any atom is 0.338 e. The zero-order valence-corrected chi connectivity index (χ0v) is 17.1. The van der Waals surface area contributed by atoms with Gasteiger partial charge in [0.05, 0.1) is 24.7 Å². The highest BCUT2D eigenvalue weighted by Crippen LogP contribution is 2.28. The van der Waals surface area contributed by atoms with Crippen molar-refractivity contribution in [2.75, 3.05) is 39.8 Å². The summed E-state index contributed by atoms with van der Waals surface area (Å²) in [6, 6.07) is 9.18. The first-order chi connectivity index (χ1) is 14.3. The van der Waals surface area contributed by atoms with Gasteiger partial charge in [-0.05, 0) is 29.8 Å². The number of carbonyl (C=O) groups is 2. The lowest BCUT2D eigenvalue weighted by atomic mass is 10.1. The fourth-order valence-electron chi connectivity index (χ4n) is 2.63. The minimum Gasteiger partial charge on any atom is -0.493 e. The zero-order chi connectivity index (χ0) is 22.3. The van der Waals surface area contributed by atoms with Crippen LogP contribution in [0.3, 0.4) is 0 Å². The Morgan fingerprint density at radius 1 is 1.07 bits per heavy atom. The van der Waals surface area contributed by atoms with Gasteiger partial charge in [-0.25, -0.2) is 4.79 Å². The van der Waals surface area contributed by atoms with E-state index in [2.05, 4.69) is 5.32 Å². The number of hydrogen-bond acceptors (Lipinski definition) is 8. The molecule has 0 fully saturated rings. The van der Waals surface area contributed by atoms with Crippen molar-refractivity contribution in [1.29, 1.82) is 0 Å². The molecular weight excluding hydrogens is 394 g/mol. The van der Waals surface area contributed by atoms with E-state index in [4.69, 9.17) is 14.2 Å². The first kappa shape index (κ1) is 22.5. The van der Waals surface area contributed by atoms with Crippen molar-refractivity contribution >= 4 is 23.3 Å². The van der Waals surface area contributed by atoms with Crippen LogP contribution in [0, 0.1) is 10.1 Å².